The smallest absolute Gasteiger partial charge is 0.0647 e. The zero-order valence-corrected chi connectivity index (χ0v) is 10.9. The number of hydrogen-bond acceptors (Lipinski definition) is 2. The Balaban J connectivity index is 1.99. The molecule has 1 aliphatic carbocycles. The van der Waals surface area contributed by atoms with Crippen LogP contribution in [0, 0.1) is 0 Å². The van der Waals surface area contributed by atoms with Gasteiger partial charge in [0, 0.05) is 22.8 Å². The first-order valence-corrected chi connectivity index (χ1v) is 7.14. The van der Waals surface area contributed by atoms with Gasteiger partial charge in [0.1, 0.15) is 0 Å². The van der Waals surface area contributed by atoms with Gasteiger partial charge in [0.15, 0.2) is 0 Å². The Morgan fingerprint density at radius 2 is 2.35 bits per heavy atom. The number of rotatable bonds is 2. The van der Waals surface area contributed by atoms with Crippen molar-refractivity contribution in [1.82, 2.24) is 4.57 Å². The molecule has 2 aromatic heterocycles. The molecule has 3 heteroatoms. The van der Waals surface area contributed by atoms with Gasteiger partial charge in [-0.3, -0.25) is 0 Å². The monoisotopic (exact) mass is 246 g/mol. The molecule has 2 nitrogen and oxygen atoms in total. The molecule has 0 bridgehead atoms. The van der Waals surface area contributed by atoms with Gasteiger partial charge in [-0.1, -0.05) is 6.07 Å². The summed E-state index contributed by atoms with van der Waals surface area (Å²) in [5, 5.41) is 2.15. The van der Waals surface area contributed by atoms with Gasteiger partial charge >= 0.3 is 0 Å². The van der Waals surface area contributed by atoms with Crippen molar-refractivity contribution in [2.45, 2.75) is 38.3 Å². The van der Waals surface area contributed by atoms with Crippen LogP contribution in [0.25, 0.3) is 0 Å². The lowest BCUT2D eigenvalue weighted by atomic mass is 9.93. The zero-order valence-electron chi connectivity index (χ0n) is 10.1. The summed E-state index contributed by atoms with van der Waals surface area (Å²) in [5.74, 6) is 0. The highest BCUT2D eigenvalue weighted by atomic mass is 32.1. The third kappa shape index (κ3) is 1.83. The van der Waals surface area contributed by atoms with E-state index in [4.69, 9.17) is 5.73 Å². The van der Waals surface area contributed by atoms with Crippen molar-refractivity contribution in [3.8, 4) is 0 Å². The van der Waals surface area contributed by atoms with Gasteiger partial charge in [-0.2, -0.15) is 0 Å². The van der Waals surface area contributed by atoms with Crippen LogP contribution in [0.4, 0.5) is 0 Å². The van der Waals surface area contributed by atoms with Crippen LogP contribution in [0.1, 0.15) is 48.0 Å². The van der Waals surface area contributed by atoms with E-state index in [1.54, 1.807) is 0 Å². The number of nitrogens with zero attached hydrogens (tertiary/aromatic N) is 1. The van der Waals surface area contributed by atoms with Crippen molar-refractivity contribution in [3.63, 3.8) is 0 Å². The van der Waals surface area contributed by atoms with E-state index in [0.29, 0.717) is 6.04 Å². The van der Waals surface area contributed by atoms with E-state index in [-0.39, 0.29) is 6.04 Å². The summed E-state index contributed by atoms with van der Waals surface area (Å²) in [5.41, 5.74) is 8.98. The minimum absolute atomic E-state index is 0.246. The average molecular weight is 246 g/mol. The first-order chi connectivity index (χ1) is 8.27. The summed E-state index contributed by atoms with van der Waals surface area (Å²) in [6, 6.07) is 7.23. The number of fused-ring (bicyclic) bond motifs is 1. The Labute approximate surface area is 106 Å². The third-order valence-corrected chi connectivity index (χ3v) is 4.80. The highest BCUT2D eigenvalue weighted by Gasteiger charge is 2.22. The van der Waals surface area contributed by atoms with Gasteiger partial charge in [0.2, 0.25) is 0 Å². The fourth-order valence-corrected chi connectivity index (χ4v) is 3.56. The second-order valence-corrected chi connectivity index (χ2v) is 5.79. The number of thiophene rings is 1. The van der Waals surface area contributed by atoms with E-state index >= 15 is 0 Å². The minimum atomic E-state index is 0.246. The van der Waals surface area contributed by atoms with E-state index in [0.717, 1.165) is 6.42 Å². The SMILES string of the molecule is CC(c1cccs1)n1ccc2c1CCCC2N. The van der Waals surface area contributed by atoms with Gasteiger partial charge in [-0.05, 0) is 49.3 Å². The molecule has 0 spiro atoms. The van der Waals surface area contributed by atoms with E-state index in [1.165, 1.54) is 29.0 Å². The first kappa shape index (κ1) is 11.1. The van der Waals surface area contributed by atoms with Crippen LogP contribution in [0.2, 0.25) is 0 Å². The maximum absolute atomic E-state index is 6.17. The molecule has 3 rings (SSSR count). The molecule has 1 aliphatic rings. The average Bonchev–Trinajstić information content (AvgIpc) is 2.98. The number of nitrogens with two attached hydrogens (primary N) is 1. The van der Waals surface area contributed by atoms with Gasteiger partial charge in [0.05, 0.1) is 6.04 Å². The molecule has 0 amide bonds. The molecule has 2 aromatic rings. The van der Waals surface area contributed by atoms with Crippen LogP contribution < -0.4 is 5.73 Å². The molecule has 0 saturated carbocycles. The highest BCUT2D eigenvalue weighted by molar-refractivity contribution is 7.10. The lowest BCUT2D eigenvalue weighted by Crippen LogP contribution is -2.19. The summed E-state index contributed by atoms with van der Waals surface area (Å²) in [7, 11) is 0. The van der Waals surface area contributed by atoms with Crippen LogP contribution in [0.15, 0.2) is 29.8 Å². The molecule has 2 N–H and O–H groups in total. The van der Waals surface area contributed by atoms with E-state index in [2.05, 4.69) is 41.3 Å². The lowest BCUT2D eigenvalue weighted by Gasteiger charge is -2.23. The van der Waals surface area contributed by atoms with Crippen LogP contribution in [0.5, 0.6) is 0 Å². The molecule has 0 aromatic carbocycles. The number of hydrogen-bond donors (Lipinski definition) is 1. The highest BCUT2D eigenvalue weighted by Crippen LogP contribution is 2.33. The molecule has 0 aliphatic heterocycles. The molecule has 0 radical (unpaired) electrons. The minimum Gasteiger partial charge on any atom is -0.343 e. The maximum atomic E-state index is 6.17. The quantitative estimate of drug-likeness (QED) is 0.864. The Bertz CT molecular complexity index is 498. The molecule has 2 atom stereocenters. The first-order valence-electron chi connectivity index (χ1n) is 6.26. The second-order valence-electron chi connectivity index (χ2n) is 4.82. The zero-order chi connectivity index (χ0) is 11.8. The maximum Gasteiger partial charge on any atom is 0.0647 e. The van der Waals surface area contributed by atoms with Crippen molar-refractivity contribution >= 4 is 11.3 Å². The van der Waals surface area contributed by atoms with Crippen molar-refractivity contribution in [2.75, 3.05) is 0 Å². The largest absolute Gasteiger partial charge is 0.343 e. The van der Waals surface area contributed by atoms with Crippen molar-refractivity contribution in [3.05, 3.63) is 45.9 Å². The van der Waals surface area contributed by atoms with Crippen LogP contribution >= 0.6 is 11.3 Å². The Kier molecular flexibility index (Phi) is 2.81. The number of aromatic nitrogens is 1. The third-order valence-electron chi connectivity index (χ3n) is 3.76. The molecule has 0 fully saturated rings. The standard InChI is InChI=1S/C14H18N2S/c1-10(14-6-3-9-17-14)16-8-7-11-12(15)4-2-5-13(11)16/h3,6-10,12H,2,4-5,15H2,1H3. The fourth-order valence-electron chi connectivity index (χ4n) is 2.78. The Hall–Kier alpha value is -1.06. The van der Waals surface area contributed by atoms with Gasteiger partial charge in [-0.15, -0.1) is 11.3 Å². The summed E-state index contributed by atoms with van der Waals surface area (Å²) in [4.78, 5) is 1.42. The van der Waals surface area contributed by atoms with Crippen molar-refractivity contribution in [1.29, 1.82) is 0 Å². The summed E-state index contributed by atoms with van der Waals surface area (Å²) in [6.07, 6.45) is 5.73. The van der Waals surface area contributed by atoms with Crippen LogP contribution in [-0.2, 0) is 6.42 Å². The second kappa shape index (κ2) is 4.31. The van der Waals surface area contributed by atoms with Gasteiger partial charge in [0.25, 0.3) is 0 Å². The summed E-state index contributed by atoms with van der Waals surface area (Å²) in [6.45, 7) is 2.27. The molecule has 2 unspecified atom stereocenters. The molecular weight excluding hydrogens is 228 g/mol. The van der Waals surface area contributed by atoms with E-state index in [9.17, 15) is 0 Å². The van der Waals surface area contributed by atoms with Crippen LogP contribution in [0.3, 0.4) is 0 Å². The molecule has 2 heterocycles. The van der Waals surface area contributed by atoms with E-state index < -0.39 is 0 Å². The molecule has 0 saturated heterocycles. The topological polar surface area (TPSA) is 30.9 Å². The van der Waals surface area contributed by atoms with Crippen molar-refractivity contribution in [2.24, 2.45) is 5.73 Å². The van der Waals surface area contributed by atoms with Crippen LogP contribution in [-0.4, -0.2) is 4.57 Å². The lowest BCUT2D eigenvalue weighted by molar-refractivity contribution is 0.528. The Morgan fingerprint density at radius 3 is 3.12 bits per heavy atom. The van der Waals surface area contributed by atoms with Gasteiger partial charge in [-0.25, -0.2) is 0 Å². The molecular formula is C14H18N2S. The van der Waals surface area contributed by atoms with Crippen molar-refractivity contribution < 1.29 is 0 Å². The molecule has 90 valence electrons. The normalized spacial score (nSPS) is 21.2. The Morgan fingerprint density at radius 1 is 1.47 bits per heavy atom. The summed E-state index contributed by atoms with van der Waals surface area (Å²) >= 11 is 1.83. The predicted octanol–water partition coefficient (Wildman–Crippen LogP) is 3.50. The fraction of sp³-hybridized carbons (Fsp3) is 0.429. The molecule has 17 heavy (non-hydrogen) atoms. The van der Waals surface area contributed by atoms with E-state index in [1.807, 2.05) is 11.3 Å². The summed E-state index contributed by atoms with van der Waals surface area (Å²) < 4.78 is 2.40. The predicted molar refractivity (Wildman–Crippen MR) is 72.4 cm³/mol. The van der Waals surface area contributed by atoms with Gasteiger partial charge < -0.3 is 10.3 Å².